The van der Waals surface area contributed by atoms with E-state index in [1.807, 2.05) is 79.7 Å². The number of nitrogens with zero attached hydrogens (tertiary/aromatic N) is 2. The molecule has 172 valence electrons. The SMILES string of the molecule is CC(Sc1cccc(NC(=S)Nc2ccccc2)c1)C(=O)NC1=NN(c2ccccc2)C(=O)C1. The molecule has 34 heavy (non-hydrogen) atoms. The van der Waals surface area contributed by atoms with Crippen molar-refractivity contribution >= 4 is 63.8 Å². The fourth-order valence-corrected chi connectivity index (χ4v) is 4.40. The highest BCUT2D eigenvalue weighted by molar-refractivity contribution is 8.00. The number of anilines is 3. The van der Waals surface area contributed by atoms with Gasteiger partial charge in [-0.25, -0.2) is 0 Å². The largest absolute Gasteiger partial charge is 0.332 e. The van der Waals surface area contributed by atoms with Crippen LogP contribution in [0.25, 0.3) is 0 Å². The highest BCUT2D eigenvalue weighted by Crippen LogP contribution is 2.26. The van der Waals surface area contributed by atoms with Crippen LogP contribution in [0.2, 0.25) is 0 Å². The van der Waals surface area contributed by atoms with E-state index in [9.17, 15) is 9.59 Å². The lowest BCUT2D eigenvalue weighted by molar-refractivity contribution is -0.118. The average molecular weight is 490 g/mol. The summed E-state index contributed by atoms with van der Waals surface area (Å²) >= 11 is 6.80. The van der Waals surface area contributed by atoms with Gasteiger partial charge < -0.3 is 16.0 Å². The summed E-state index contributed by atoms with van der Waals surface area (Å²) in [7, 11) is 0. The first-order valence-corrected chi connectivity index (χ1v) is 11.9. The minimum atomic E-state index is -0.395. The number of carbonyl (C=O) groups excluding carboxylic acids is 2. The molecular formula is C25H23N5O2S2. The van der Waals surface area contributed by atoms with Crippen LogP contribution < -0.4 is 21.0 Å². The lowest BCUT2D eigenvalue weighted by atomic mass is 10.3. The second-order valence-electron chi connectivity index (χ2n) is 7.49. The van der Waals surface area contributed by atoms with Gasteiger partial charge in [0.25, 0.3) is 5.91 Å². The predicted octanol–water partition coefficient (Wildman–Crippen LogP) is 4.84. The minimum Gasteiger partial charge on any atom is -0.332 e. The molecule has 0 bridgehead atoms. The molecule has 0 aromatic heterocycles. The maximum Gasteiger partial charge on any atom is 0.255 e. The number of nitrogens with one attached hydrogen (secondary N) is 3. The van der Waals surface area contributed by atoms with E-state index in [1.54, 1.807) is 12.1 Å². The van der Waals surface area contributed by atoms with Crippen molar-refractivity contribution in [2.24, 2.45) is 5.10 Å². The van der Waals surface area contributed by atoms with Crippen molar-refractivity contribution in [3.63, 3.8) is 0 Å². The van der Waals surface area contributed by atoms with Gasteiger partial charge in [0.15, 0.2) is 5.11 Å². The smallest absolute Gasteiger partial charge is 0.255 e. The molecule has 0 aliphatic carbocycles. The van der Waals surface area contributed by atoms with Gasteiger partial charge in [-0.05, 0) is 61.6 Å². The van der Waals surface area contributed by atoms with E-state index >= 15 is 0 Å². The van der Waals surface area contributed by atoms with Crippen LogP contribution in [0.5, 0.6) is 0 Å². The summed E-state index contributed by atoms with van der Waals surface area (Å²) in [5.74, 6) is -0.0502. The van der Waals surface area contributed by atoms with Gasteiger partial charge >= 0.3 is 0 Å². The van der Waals surface area contributed by atoms with Crippen molar-refractivity contribution in [1.82, 2.24) is 5.32 Å². The molecule has 1 aliphatic heterocycles. The number of amides is 2. The summed E-state index contributed by atoms with van der Waals surface area (Å²) in [5.41, 5.74) is 2.38. The van der Waals surface area contributed by atoms with E-state index in [0.717, 1.165) is 16.3 Å². The monoisotopic (exact) mass is 489 g/mol. The van der Waals surface area contributed by atoms with Crippen LogP contribution in [0.1, 0.15) is 13.3 Å². The van der Waals surface area contributed by atoms with Crippen molar-refractivity contribution in [1.29, 1.82) is 0 Å². The molecule has 1 unspecified atom stereocenters. The van der Waals surface area contributed by atoms with Crippen molar-refractivity contribution in [2.45, 2.75) is 23.5 Å². The number of hydrazone groups is 1. The highest BCUT2D eigenvalue weighted by Gasteiger charge is 2.27. The number of amidine groups is 1. The topological polar surface area (TPSA) is 85.8 Å². The van der Waals surface area contributed by atoms with Crippen molar-refractivity contribution in [3.8, 4) is 0 Å². The number of thioether (sulfide) groups is 1. The Morgan fingerprint density at radius 2 is 1.59 bits per heavy atom. The zero-order valence-corrected chi connectivity index (χ0v) is 20.0. The molecule has 0 spiro atoms. The maximum atomic E-state index is 12.7. The van der Waals surface area contributed by atoms with E-state index in [4.69, 9.17) is 12.2 Å². The number of para-hydroxylation sites is 2. The molecule has 0 fully saturated rings. The number of hydrogen-bond donors (Lipinski definition) is 3. The normalized spacial score (nSPS) is 13.7. The Morgan fingerprint density at radius 1 is 0.941 bits per heavy atom. The molecule has 1 atom stereocenters. The van der Waals surface area contributed by atoms with Crippen molar-refractivity contribution in [3.05, 3.63) is 84.9 Å². The molecule has 9 heteroatoms. The van der Waals surface area contributed by atoms with Gasteiger partial charge in [-0.3, -0.25) is 9.59 Å². The van der Waals surface area contributed by atoms with Gasteiger partial charge in [-0.15, -0.1) is 11.8 Å². The van der Waals surface area contributed by atoms with Crippen LogP contribution in [0, 0.1) is 0 Å². The Morgan fingerprint density at radius 3 is 2.32 bits per heavy atom. The molecular weight excluding hydrogens is 466 g/mol. The third-order valence-corrected chi connectivity index (χ3v) is 6.15. The number of rotatable bonds is 6. The average Bonchev–Trinajstić information content (AvgIpc) is 3.20. The molecule has 1 aliphatic rings. The van der Waals surface area contributed by atoms with Gasteiger partial charge in [0.1, 0.15) is 5.84 Å². The predicted molar refractivity (Wildman–Crippen MR) is 142 cm³/mol. The first-order valence-electron chi connectivity index (χ1n) is 10.6. The molecule has 2 amide bonds. The standard InChI is InChI=1S/C25H23N5O2S2/c1-17(24(32)28-22-16-23(31)30(29-22)20-12-6-3-7-13-20)34-21-14-8-11-19(15-21)27-25(33)26-18-9-4-2-5-10-18/h2-15,17H,16H2,1H3,(H2,26,27,33)(H,28,29,32). The summed E-state index contributed by atoms with van der Waals surface area (Å²) < 4.78 is 0. The molecule has 3 aromatic rings. The third kappa shape index (κ3) is 6.21. The number of carbonyl (C=O) groups is 2. The van der Waals surface area contributed by atoms with E-state index in [2.05, 4.69) is 21.1 Å². The van der Waals surface area contributed by atoms with Crippen molar-refractivity contribution < 1.29 is 9.59 Å². The first kappa shape index (κ1) is 23.5. The van der Waals surface area contributed by atoms with E-state index < -0.39 is 5.25 Å². The number of benzene rings is 3. The van der Waals surface area contributed by atoms with Gasteiger partial charge in [0.05, 0.1) is 17.4 Å². The molecule has 7 nitrogen and oxygen atoms in total. The van der Waals surface area contributed by atoms with Crippen molar-refractivity contribution in [2.75, 3.05) is 15.6 Å². The highest BCUT2D eigenvalue weighted by atomic mass is 32.2. The van der Waals surface area contributed by atoms with E-state index in [0.29, 0.717) is 16.6 Å². The zero-order chi connectivity index (χ0) is 23.9. The Balaban J connectivity index is 1.33. The molecule has 0 saturated carbocycles. The van der Waals surface area contributed by atoms with Crippen LogP contribution in [0.3, 0.4) is 0 Å². The molecule has 4 rings (SSSR count). The Hall–Kier alpha value is -3.69. The summed E-state index contributed by atoms with van der Waals surface area (Å²) in [5, 5.41) is 14.8. The molecule has 1 heterocycles. The Labute approximate surface area is 207 Å². The first-order chi connectivity index (χ1) is 16.5. The Bertz CT molecular complexity index is 1220. The number of hydrogen-bond acceptors (Lipinski definition) is 5. The van der Waals surface area contributed by atoms with Gasteiger partial charge in [-0.2, -0.15) is 10.1 Å². The minimum absolute atomic E-state index is 0.0588. The summed E-state index contributed by atoms with van der Waals surface area (Å²) in [6.07, 6.45) is 0.0588. The molecule has 3 aromatic carbocycles. The van der Waals surface area contributed by atoms with Gasteiger partial charge in [-0.1, -0.05) is 42.5 Å². The second-order valence-corrected chi connectivity index (χ2v) is 9.31. The molecule has 3 N–H and O–H groups in total. The lowest BCUT2D eigenvalue weighted by Gasteiger charge is -2.14. The third-order valence-electron chi connectivity index (χ3n) is 4.85. The summed E-state index contributed by atoms with van der Waals surface area (Å²) in [4.78, 5) is 25.9. The van der Waals surface area contributed by atoms with Crippen LogP contribution >= 0.6 is 24.0 Å². The fourth-order valence-electron chi connectivity index (χ4n) is 3.23. The van der Waals surface area contributed by atoms with Gasteiger partial charge in [0, 0.05) is 16.3 Å². The van der Waals surface area contributed by atoms with Crippen LogP contribution in [-0.4, -0.2) is 28.0 Å². The van der Waals surface area contributed by atoms with Crippen LogP contribution in [0.4, 0.5) is 17.1 Å². The summed E-state index contributed by atoms with van der Waals surface area (Å²) in [6.45, 7) is 1.81. The summed E-state index contributed by atoms with van der Waals surface area (Å²) in [6, 6.07) is 26.5. The van der Waals surface area contributed by atoms with E-state index in [1.165, 1.54) is 16.8 Å². The second kappa shape index (κ2) is 11.0. The van der Waals surface area contributed by atoms with E-state index in [-0.39, 0.29) is 18.2 Å². The van der Waals surface area contributed by atoms with Crippen LogP contribution in [-0.2, 0) is 9.59 Å². The van der Waals surface area contributed by atoms with Crippen LogP contribution in [0.15, 0.2) is 94.9 Å². The quantitative estimate of drug-likeness (QED) is 0.339. The molecule has 0 saturated heterocycles. The van der Waals surface area contributed by atoms with Gasteiger partial charge in [0.2, 0.25) is 5.91 Å². The Kier molecular flexibility index (Phi) is 7.56. The fraction of sp³-hybridized carbons (Fsp3) is 0.120. The zero-order valence-electron chi connectivity index (χ0n) is 18.4. The lowest BCUT2D eigenvalue weighted by Crippen LogP contribution is -2.35. The number of thiocarbonyl (C=S) groups is 1. The maximum absolute atomic E-state index is 12.7. The molecule has 0 radical (unpaired) electrons.